The zero-order chi connectivity index (χ0) is 25.2. The molecule has 0 unspecified atom stereocenters. The van der Waals surface area contributed by atoms with Gasteiger partial charge in [0.1, 0.15) is 17.6 Å². The Morgan fingerprint density at radius 3 is 2.60 bits per heavy atom. The highest BCUT2D eigenvalue weighted by molar-refractivity contribution is 7.90. The number of carbonyl (C=O) groups excluding carboxylic acids is 1. The fraction of sp³-hybridized carbons (Fsp3) is 0.520. The van der Waals surface area contributed by atoms with Crippen molar-refractivity contribution >= 4 is 21.7 Å². The van der Waals surface area contributed by atoms with E-state index in [1.165, 1.54) is 14.8 Å². The van der Waals surface area contributed by atoms with Crippen molar-refractivity contribution in [3.63, 3.8) is 0 Å². The molecule has 4 rings (SSSR count). The van der Waals surface area contributed by atoms with Gasteiger partial charge in [-0.3, -0.25) is 4.79 Å². The average Bonchev–Trinajstić information content (AvgIpc) is 2.87. The molecule has 0 spiro atoms. The molecule has 2 aromatic rings. The molecule has 0 saturated carbocycles. The second-order valence-electron chi connectivity index (χ2n) is 9.49. The Hall–Kier alpha value is -2.53. The minimum absolute atomic E-state index is 0.0116. The molecule has 2 aliphatic heterocycles. The molecule has 35 heavy (non-hydrogen) atoms. The number of rotatable bonds is 8. The van der Waals surface area contributed by atoms with Crippen molar-refractivity contribution < 1.29 is 28.2 Å². The predicted molar refractivity (Wildman–Crippen MR) is 132 cm³/mol. The van der Waals surface area contributed by atoms with E-state index in [4.69, 9.17) is 4.74 Å². The van der Waals surface area contributed by atoms with Gasteiger partial charge in [0.2, 0.25) is 5.88 Å². The highest BCUT2D eigenvalue weighted by Crippen LogP contribution is 2.37. The predicted octanol–water partition coefficient (Wildman–Crippen LogP) is 1.89. The summed E-state index contributed by atoms with van der Waals surface area (Å²) in [6.45, 7) is 3.40. The minimum atomic E-state index is -4.05. The van der Waals surface area contributed by atoms with Crippen LogP contribution in [0, 0.1) is 5.92 Å². The van der Waals surface area contributed by atoms with Crippen LogP contribution in [0.2, 0.25) is 0 Å². The highest BCUT2D eigenvalue weighted by atomic mass is 32.2. The quantitative estimate of drug-likeness (QED) is 0.564. The molecular weight excluding hydrogens is 470 g/mol. The molecule has 4 atom stereocenters. The summed E-state index contributed by atoms with van der Waals surface area (Å²) < 4.78 is 35.9. The van der Waals surface area contributed by atoms with Crippen LogP contribution in [0.4, 0.5) is 5.69 Å². The molecule has 190 valence electrons. The minimum Gasteiger partial charge on any atom is -0.468 e. The molecule has 2 N–H and O–H groups in total. The lowest BCUT2D eigenvalue weighted by molar-refractivity contribution is -0.119. The lowest BCUT2D eigenvalue weighted by atomic mass is 9.93. The van der Waals surface area contributed by atoms with Gasteiger partial charge in [-0.25, -0.2) is 9.29 Å². The summed E-state index contributed by atoms with van der Waals surface area (Å²) in [4.78, 5) is 17.3. The number of pyridine rings is 1. The lowest BCUT2D eigenvalue weighted by Gasteiger charge is -2.42. The number of aromatic nitrogens is 1. The molecule has 1 aromatic carbocycles. The summed E-state index contributed by atoms with van der Waals surface area (Å²) in [6.07, 6.45) is 2.24. The third kappa shape index (κ3) is 5.35. The number of hydrogen-bond donors (Lipinski definition) is 2. The average molecular weight is 504 g/mol. The van der Waals surface area contributed by atoms with Crippen LogP contribution in [0.15, 0.2) is 42.6 Å². The zero-order valence-electron chi connectivity index (χ0n) is 20.1. The van der Waals surface area contributed by atoms with Gasteiger partial charge in [0.25, 0.3) is 0 Å². The molecule has 1 fully saturated rings. The maximum Gasteiger partial charge on any atom is 0.304 e. The molecule has 9 nitrogen and oxygen atoms in total. The van der Waals surface area contributed by atoms with Crippen molar-refractivity contribution in [2.24, 2.45) is 5.92 Å². The van der Waals surface area contributed by atoms with Gasteiger partial charge in [-0.05, 0) is 36.0 Å². The zero-order valence-corrected chi connectivity index (χ0v) is 20.9. The van der Waals surface area contributed by atoms with Crippen molar-refractivity contribution in [3.05, 3.63) is 53.7 Å². The van der Waals surface area contributed by atoms with Gasteiger partial charge in [0, 0.05) is 31.1 Å². The number of Topliss-reactive ketones (excluding diaryl/α,β-unsaturated/α-hetero) is 1. The maximum atomic E-state index is 13.8. The third-order valence-corrected chi connectivity index (χ3v) is 8.79. The smallest absolute Gasteiger partial charge is 0.304 e. The van der Waals surface area contributed by atoms with Crippen LogP contribution in [0.25, 0.3) is 0 Å². The first kappa shape index (κ1) is 25.6. The summed E-state index contributed by atoms with van der Waals surface area (Å²) >= 11 is 0. The van der Waals surface area contributed by atoms with Gasteiger partial charge < -0.3 is 14.9 Å². The third-order valence-electron chi connectivity index (χ3n) is 6.85. The van der Waals surface area contributed by atoms with Crippen LogP contribution < -0.4 is 9.04 Å². The van der Waals surface area contributed by atoms with E-state index in [0.29, 0.717) is 18.5 Å². The monoisotopic (exact) mass is 503 g/mol. The Morgan fingerprint density at radius 2 is 1.91 bits per heavy atom. The number of piperidine rings is 1. The summed E-state index contributed by atoms with van der Waals surface area (Å²) in [5, 5.41) is 19.6. The van der Waals surface area contributed by atoms with Crippen molar-refractivity contribution in [1.82, 2.24) is 9.29 Å². The first-order valence-corrected chi connectivity index (χ1v) is 13.4. The summed E-state index contributed by atoms with van der Waals surface area (Å²) in [6, 6.07) is 10.6. The molecule has 3 heterocycles. The van der Waals surface area contributed by atoms with Crippen LogP contribution in [0.3, 0.4) is 0 Å². The Balaban J connectivity index is 1.64. The van der Waals surface area contributed by atoms with Crippen LogP contribution in [-0.4, -0.2) is 72.2 Å². The first-order chi connectivity index (χ1) is 16.7. The van der Waals surface area contributed by atoms with E-state index in [9.17, 15) is 23.4 Å². The van der Waals surface area contributed by atoms with Crippen LogP contribution >= 0.6 is 0 Å². The normalized spacial score (nSPS) is 23.9. The van der Waals surface area contributed by atoms with E-state index in [2.05, 4.69) is 4.98 Å². The van der Waals surface area contributed by atoms with Crippen LogP contribution in [0.1, 0.15) is 43.7 Å². The maximum absolute atomic E-state index is 13.8. The number of fused-ring (bicyclic) bond motifs is 1. The number of aliphatic hydroxyl groups is 2. The van der Waals surface area contributed by atoms with E-state index in [1.807, 2.05) is 44.2 Å². The summed E-state index contributed by atoms with van der Waals surface area (Å²) in [5.74, 6) is -0.0789. The molecular formula is C25H33N3O6S. The summed E-state index contributed by atoms with van der Waals surface area (Å²) in [7, 11) is -4.05. The number of benzene rings is 1. The molecule has 0 amide bonds. The van der Waals surface area contributed by atoms with Crippen molar-refractivity contribution in [2.45, 2.75) is 51.2 Å². The van der Waals surface area contributed by atoms with E-state index in [-0.39, 0.29) is 55.4 Å². The first-order valence-electron chi connectivity index (χ1n) is 12.0. The molecule has 2 aliphatic rings. The van der Waals surface area contributed by atoms with Gasteiger partial charge in [0.15, 0.2) is 0 Å². The van der Waals surface area contributed by atoms with Crippen molar-refractivity contribution in [3.8, 4) is 5.88 Å². The molecule has 0 bridgehead atoms. The number of anilines is 1. The van der Waals surface area contributed by atoms with E-state index >= 15 is 0 Å². The Labute approximate surface area is 206 Å². The Bertz CT molecular complexity index is 1140. The molecule has 0 radical (unpaired) electrons. The van der Waals surface area contributed by atoms with Crippen LogP contribution in [0.5, 0.6) is 5.88 Å². The summed E-state index contributed by atoms with van der Waals surface area (Å²) in [5.41, 5.74) is 1.73. The number of nitrogens with zero attached hydrogens (tertiary/aromatic N) is 3. The van der Waals surface area contributed by atoms with E-state index in [1.54, 1.807) is 6.07 Å². The lowest BCUT2D eigenvalue weighted by Crippen LogP contribution is -2.56. The van der Waals surface area contributed by atoms with Gasteiger partial charge >= 0.3 is 10.2 Å². The Kier molecular flexibility index (Phi) is 7.75. The number of hydrogen-bond acceptors (Lipinski definition) is 7. The van der Waals surface area contributed by atoms with Crippen molar-refractivity contribution in [2.75, 3.05) is 30.6 Å². The number of aliphatic hydroxyl groups excluding tert-OH is 2. The topological polar surface area (TPSA) is 120 Å². The Morgan fingerprint density at radius 1 is 1.17 bits per heavy atom. The van der Waals surface area contributed by atoms with E-state index < -0.39 is 22.4 Å². The highest BCUT2D eigenvalue weighted by Gasteiger charge is 2.42. The number of carbonyl (C=O) groups is 1. The van der Waals surface area contributed by atoms with Gasteiger partial charge in [-0.1, -0.05) is 44.2 Å². The van der Waals surface area contributed by atoms with E-state index in [0.717, 1.165) is 12.0 Å². The van der Waals surface area contributed by atoms with Gasteiger partial charge in [0.05, 0.1) is 19.8 Å². The van der Waals surface area contributed by atoms with Crippen molar-refractivity contribution in [1.29, 1.82) is 0 Å². The SMILES string of the molecule is C[C@H]1CC[C@H](CO)N(S(=O)(=O)N2C[C@H](CO)Oc3ncc(CC(=O)[C@@H](C)c4ccccc4)cc32)C1. The number of ether oxygens (including phenoxy) is 1. The molecule has 0 aliphatic carbocycles. The second-order valence-corrected chi connectivity index (χ2v) is 11.3. The largest absolute Gasteiger partial charge is 0.468 e. The van der Waals surface area contributed by atoms with Crippen LogP contribution in [-0.2, 0) is 21.4 Å². The second kappa shape index (κ2) is 10.6. The fourth-order valence-corrected chi connectivity index (χ4v) is 6.66. The fourth-order valence-electron chi connectivity index (χ4n) is 4.68. The molecule has 10 heteroatoms. The number of ketones is 1. The van der Waals surface area contributed by atoms with Gasteiger partial charge in [-0.2, -0.15) is 12.7 Å². The molecule has 1 saturated heterocycles. The molecule has 1 aromatic heterocycles. The standard InChI is InChI=1S/C25H33N3O6S/c1-17-8-9-21(15-29)27(13-17)35(32,33)28-14-22(16-30)34-25-23(28)10-19(12-26-25)11-24(31)18(2)20-6-4-3-5-7-20/h3-7,10,12,17-18,21-22,29-30H,8-9,11,13-16H2,1-2H3/t17-,18-,21+,22+/m0/s1. The van der Waals surface area contributed by atoms with Gasteiger partial charge in [-0.15, -0.1) is 0 Å².